The van der Waals surface area contributed by atoms with Crippen molar-refractivity contribution in [1.29, 1.82) is 0 Å². The molecule has 8 heteroatoms. The van der Waals surface area contributed by atoms with Gasteiger partial charge in [0.25, 0.3) is 5.91 Å². The molecule has 0 aliphatic carbocycles. The minimum atomic E-state index is -3.15. The molecule has 0 spiro atoms. The van der Waals surface area contributed by atoms with E-state index in [1.54, 1.807) is 0 Å². The van der Waals surface area contributed by atoms with Crippen LogP contribution in [-0.2, 0) is 21.1 Å². The van der Waals surface area contributed by atoms with E-state index in [-0.39, 0.29) is 29.4 Å². The lowest BCUT2D eigenvalue weighted by molar-refractivity contribution is -0.136. The van der Waals surface area contributed by atoms with Gasteiger partial charge >= 0.3 is 5.97 Å². The highest BCUT2D eigenvalue weighted by Gasteiger charge is 2.17. The molecule has 0 aliphatic rings. The topological polar surface area (TPSA) is 114 Å². The molecule has 0 saturated carbocycles. The Morgan fingerprint density at radius 1 is 1.42 bits per heavy atom. The van der Waals surface area contributed by atoms with Crippen LogP contribution >= 0.6 is 0 Å². The predicted octanol–water partition coefficient (Wildman–Crippen LogP) is 0.0712. The van der Waals surface area contributed by atoms with Gasteiger partial charge in [0.2, 0.25) is 0 Å². The quantitative estimate of drug-likeness (QED) is 0.734. The first-order valence-electron chi connectivity index (χ1n) is 5.62. The summed E-state index contributed by atoms with van der Waals surface area (Å²) in [6.45, 7) is 1.50. The second-order valence-corrected chi connectivity index (χ2v) is 6.29. The van der Waals surface area contributed by atoms with Gasteiger partial charge in [-0.05, 0) is 6.07 Å². The number of carboxylic acids is 1. The number of sulfone groups is 1. The van der Waals surface area contributed by atoms with Crippen molar-refractivity contribution >= 4 is 21.7 Å². The van der Waals surface area contributed by atoms with Gasteiger partial charge in [0.1, 0.15) is 12.2 Å². The van der Waals surface area contributed by atoms with Gasteiger partial charge in [0.15, 0.2) is 9.84 Å². The molecule has 19 heavy (non-hydrogen) atoms. The maximum atomic E-state index is 11.7. The number of amides is 1. The zero-order valence-corrected chi connectivity index (χ0v) is 11.2. The summed E-state index contributed by atoms with van der Waals surface area (Å²) in [5.41, 5.74) is 0.108. The average Bonchev–Trinajstić information content (AvgIpc) is 2.76. The van der Waals surface area contributed by atoms with Gasteiger partial charge in [0, 0.05) is 12.3 Å². The number of nitrogens with one attached hydrogen (secondary N) is 1. The van der Waals surface area contributed by atoms with Crippen LogP contribution in [-0.4, -0.2) is 43.5 Å². The lowest BCUT2D eigenvalue weighted by Gasteiger charge is -2.04. The van der Waals surface area contributed by atoms with Crippen LogP contribution < -0.4 is 5.32 Å². The molecule has 1 aromatic rings. The minimum Gasteiger partial charge on any atom is -0.481 e. The molecule has 0 aromatic carbocycles. The van der Waals surface area contributed by atoms with E-state index in [0.29, 0.717) is 0 Å². The number of carbonyl (C=O) groups is 2. The fourth-order valence-corrected chi connectivity index (χ4v) is 2.08. The summed E-state index contributed by atoms with van der Waals surface area (Å²) in [4.78, 5) is 22.3. The molecule has 106 valence electrons. The zero-order valence-electron chi connectivity index (χ0n) is 10.4. The lowest BCUT2D eigenvalue weighted by atomic mass is 10.2. The van der Waals surface area contributed by atoms with Crippen molar-refractivity contribution in [3.63, 3.8) is 0 Å². The first kappa shape index (κ1) is 15.2. The summed E-state index contributed by atoms with van der Waals surface area (Å²) in [6.07, 6.45) is 0.818. The van der Waals surface area contributed by atoms with Gasteiger partial charge in [-0.1, -0.05) is 6.92 Å². The lowest BCUT2D eigenvalue weighted by Crippen LogP contribution is -2.30. The van der Waals surface area contributed by atoms with Crippen molar-refractivity contribution in [1.82, 2.24) is 5.32 Å². The van der Waals surface area contributed by atoms with Crippen molar-refractivity contribution in [2.75, 3.05) is 18.1 Å². The molecule has 1 amide bonds. The third-order valence-corrected chi connectivity index (χ3v) is 4.15. The van der Waals surface area contributed by atoms with Crippen LogP contribution in [0.15, 0.2) is 16.7 Å². The van der Waals surface area contributed by atoms with Crippen LogP contribution in [0.5, 0.6) is 0 Å². The van der Waals surface area contributed by atoms with Crippen LogP contribution in [0.1, 0.15) is 23.0 Å². The van der Waals surface area contributed by atoms with Gasteiger partial charge in [-0.2, -0.15) is 0 Å². The second-order valence-electron chi connectivity index (χ2n) is 3.82. The number of carboxylic acid groups (broad SMARTS) is 1. The van der Waals surface area contributed by atoms with E-state index in [4.69, 9.17) is 9.52 Å². The minimum absolute atomic E-state index is 0.0127. The van der Waals surface area contributed by atoms with Gasteiger partial charge < -0.3 is 14.8 Å². The predicted molar refractivity (Wildman–Crippen MR) is 66.7 cm³/mol. The third-order valence-electron chi connectivity index (χ3n) is 2.44. The first-order chi connectivity index (χ1) is 8.85. The Kier molecular flexibility index (Phi) is 5.11. The molecule has 7 nitrogen and oxygen atoms in total. The molecule has 0 bridgehead atoms. The highest BCUT2D eigenvalue weighted by atomic mass is 32.2. The van der Waals surface area contributed by atoms with Gasteiger partial charge in [-0.3, -0.25) is 9.59 Å². The largest absolute Gasteiger partial charge is 0.481 e. The maximum Gasteiger partial charge on any atom is 0.311 e. The number of rotatable bonds is 7. The van der Waals surface area contributed by atoms with Crippen molar-refractivity contribution < 1.29 is 27.5 Å². The monoisotopic (exact) mass is 289 g/mol. The number of carbonyl (C=O) groups excluding carboxylic acids is 1. The zero-order chi connectivity index (χ0) is 14.5. The molecule has 0 fully saturated rings. The van der Waals surface area contributed by atoms with Crippen LogP contribution in [0.2, 0.25) is 0 Å². The molecule has 1 rings (SSSR count). The SMILES string of the molecule is CCS(=O)(=O)CCNC(=O)c1ccoc1CC(=O)O. The van der Waals surface area contributed by atoms with Crippen molar-refractivity contribution in [2.45, 2.75) is 13.3 Å². The highest BCUT2D eigenvalue weighted by molar-refractivity contribution is 7.91. The smallest absolute Gasteiger partial charge is 0.311 e. The molecule has 0 aliphatic heterocycles. The summed E-state index contributed by atoms with van der Waals surface area (Å²) in [6, 6.07) is 1.35. The Morgan fingerprint density at radius 2 is 2.11 bits per heavy atom. The summed E-state index contributed by atoms with van der Waals surface area (Å²) in [5, 5.41) is 11.1. The summed E-state index contributed by atoms with van der Waals surface area (Å²) < 4.78 is 27.4. The molecule has 0 saturated heterocycles. The Bertz CT molecular complexity index is 559. The number of furan rings is 1. The molecule has 0 radical (unpaired) electrons. The molecule has 2 N–H and O–H groups in total. The van der Waals surface area contributed by atoms with Crippen molar-refractivity contribution in [2.24, 2.45) is 0 Å². The Hall–Kier alpha value is -1.83. The first-order valence-corrected chi connectivity index (χ1v) is 7.44. The van der Waals surface area contributed by atoms with Crippen LogP contribution in [0.4, 0.5) is 0 Å². The molecule has 0 atom stereocenters. The molecular weight excluding hydrogens is 274 g/mol. The van der Waals surface area contributed by atoms with E-state index in [1.807, 2.05) is 0 Å². The fourth-order valence-electron chi connectivity index (χ4n) is 1.38. The molecule has 1 heterocycles. The van der Waals surface area contributed by atoms with Crippen molar-refractivity contribution in [3.8, 4) is 0 Å². The van der Waals surface area contributed by atoms with Crippen molar-refractivity contribution in [3.05, 3.63) is 23.7 Å². The molecular formula is C11H15NO6S. The van der Waals surface area contributed by atoms with Crippen LogP contribution in [0.3, 0.4) is 0 Å². The van der Waals surface area contributed by atoms with Gasteiger partial charge in [0.05, 0.1) is 17.6 Å². The highest BCUT2D eigenvalue weighted by Crippen LogP contribution is 2.11. The van der Waals surface area contributed by atoms with E-state index in [0.717, 1.165) is 0 Å². The number of hydrogen-bond donors (Lipinski definition) is 2. The third kappa shape index (κ3) is 4.74. The summed E-state index contributed by atoms with van der Waals surface area (Å²) >= 11 is 0. The Labute approximate surface area is 110 Å². The Balaban J connectivity index is 2.59. The van der Waals surface area contributed by atoms with Crippen LogP contribution in [0, 0.1) is 0 Å². The molecule has 1 aromatic heterocycles. The fraction of sp³-hybridized carbons (Fsp3) is 0.455. The normalized spacial score (nSPS) is 11.2. The van der Waals surface area contributed by atoms with Crippen LogP contribution in [0.25, 0.3) is 0 Å². The number of aliphatic carboxylic acids is 1. The molecule has 0 unspecified atom stereocenters. The van der Waals surface area contributed by atoms with Gasteiger partial charge in [-0.25, -0.2) is 8.42 Å². The second kappa shape index (κ2) is 6.37. The average molecular weight is 289 g/mol. The van der Waals surface area contributed by atoms with E-state index in [1.165, 1.54) is 19.3 Å². The summed E-state index contributed by atoms with van der Waals surface area (Å²) in [5.74, 6) is -1.75. The summed E-state index contributed by atoms with van der Waals surface area (Å²) in [7, 11) is -3.15. The van der Waals surface area contributed by atoms with E-state index >= 15 is 0 Å². The van der Waals surface area contributed by atoms with E-state index in [9.17, 15) is 18.0 Å². The number of hydrogen-bond acceptors (Lipinski definition) is 5. The van der Waals surface area contributed by atoms with Gasteiger partial charge in [-0.15, -0.1) is 0 Å². The standard InChI is InChI=1S/C11H15NO6S/c1-2-19(16,17)6-4-12-11(15)8-3-5-18-9(8)7-10(13)14/h3,5H,2,4,6-7H2,1H3,(H,12,15)(H,13,14). The maximum absolute atomic E-state index is 11.7. The van der Waals surface area contributed by atoms with E-state index < -0.39 is 28.1 Å². The van der Waals surface area contributed by atoms with E-state index in [2.05, 4.69) is 5.32 Å². The Morgan fingerprint density at radius 3 is 2.68 bits per heavy atom.